The highest BCUT2D eigenvalue weighted by Crippen LogP contribution is 2.25. The fourth-order valence-electron chi connectivity index (χ4n) is 1.81. The lowest BCUT2D eigenvalue weighted by Crippen LogP contribution is -2.23. The second-order valence-electron chi connectivity index (χ2n) is 4.23. The number of oxime groups is 1. The Morgan fingerprint density at radius 1 is 1.58 bits per heavy atom. The molecule has 19 heavy (non-hydrogen) atoms. The molecule has 1 aromatic rings. The van der Waals surface area contributed by atoms with E-state index in [9.17, 15) is 4.79 Å². The summed E-state index contributed by atoms with van der Waals surface area (Å²) in [5.41, 5.74) is 6.70. The van der Waals surface area contributed by atoms with E-state index in [-0.39, 0.29) is 17.7 Å². The van der Waals surface area contributed by atoms with Crippen LogP contribution in [0.4, 0.5) is 5.69 Å². The van der Waals surface area contributed by atoms with Crippen molar-refractivity contribution in [3.8, 4) is 0 Å². The third kappa shape index (κ3) is 3.24. The Hall–Kier alpha value is -1.60. The molecule has 4 N–H and O–H groups in total. The van der Waals surface area contributed by atoms with E-state index in [0.29, 0.717) is 28.9 Å². The van der Waals surface area contributed by atoms with Crippen molar-refractivity contribution in [1.82, 2.24) is 0 Å². The zero-order valence-electron chi connectivity index (χ0n) is 10.1. The number of amides is 1. The number of nitrogens with two attached hydrogens (primary N) is 1. The van der Waals surface area contributed by atoms with Crippen molar-refractivity contribution in [2.75, 3.05) is 18.5 Å². The van der Waals surface area contributed by atoms with E-state index in [2.05, 4.69) is 26.4 Å². The molecule has 0 radical (unpaired) electrons. The number of anilines is 1. The van der Waals surface area contributed by atoms with Crippen LogP contribution in [-0.4, -0.2) is 30.2 Å². The summed E-state index contributed by atoms with van der Waals surface area (Å²) in [7, 11) is 0. The molecular formula is C12H14BrN3O3. The van der Waals surface area contributed by atoms with Crippen LogP contribution in [0.5, 0.6) is 0 Å². The van der Waals surface area contributed by atoms with Crippen LogP contribution in [-0.2, 0) is 9.53 Å². The highest BCUT2D eigenvalue weighted by Gasteiger charge is 2.23. The van der Waals surface area contributed by atoms with Gasteiger partial charge in [-0.15, -0.1) is 0 Å². The maximum atomic E-state index is 11.9. The lowest BCUT2D eigenvalue weighted by molar-refractivity contribution is -0.119. The van der Waals surface area contributed by atoms with E-state index in [0.717, 1.165) is 6.42 Å². The SMILES string of the molecule is N/C(=N/O)c1ccc(NC(=O)C2CCOC2)c(Br)c1. The lowest BCUT2D eigenvalue weighted by atomic mass is 10.1. The minimum atomic E-state index is -0.101. The van der Waals surface area contributed by atoms with Crippen molar-refractivity contribution >= 4 is 33.4 Å². The number of hydrogen-bond donors (Lipinski definition) is 3. The molecule has 1 aromatic carbocycles. The maximum Gasteiger partial charge on any atom is 0.229 e. The number of carbonyl (C=O) groups excluding carboxylic acids is 1. The molecule has 0 bridgehead atoms. The third-order valence-corrected chi connectivity index (χ3v) is 3.59. The number of carbonyl (C=O) groups is 1. The summed E-state index contributed by atoms with van der Waals surface area (Å²) in [6.45, 7) is 1.09. The van der Waals surface area contributed by atoms with E-state index in [1.54, 1.807) is 18.2 Å². The van der Waals surface area contributed by atoms with Crippen LogP contribution < -0.4 is 11.1 Å². The minimum absolute atomic E-state index is 0.0165. The highest BCUT2D eigenvalue weighted by atomic mass is 79.9. The van der Waals surface area contributed by atoms with Crippen LogP contribution >= 0.6 is 15.9 Å². The average Bonchev–Trinajstić information content (AvgIpc) is 2.94. The molecule has 1 atom stereocenters. The Bertz CT molecular complexity index is 513. The van der Waals surface area contributed by atoms with E-state index >= 15 is 0 Å². The molecule has 0 spiro atoms. The van der Waals surface area contributed by atoms with Crippen molar-refractivity contribution in [1.29, 1.82) is 0 Å². The Labute approximate surface area is 118 Å². The van der Waals surface area contributed by atoms with Gasteiger partial charge in [-0.2, -0.15) is 0 Å². The zero-order chi connectivity index (χ0) is 13.8. The van der Waals surface area contributed by atoms with Gasteiger partial charge in [-0.25, -0.2) is 0 Å². The van der Waals surface area contributed by atoms with Gasteiger partial charge in [0, 0.05) is 16.6 Å². The number of nitrogens with zero attached hydrogens (tertiary/aromatic N) is 1. The largest absolute Gasteiger partial charge is 0.409 e. The quantitative estimate of drug-likeness (QED) is 0.339. The minimum Gasteiger partial charge on any atom is -0.409 e. The molecule has 6 nitrogen and oxygen atoms in total. The molecule has 1 saturated heterocycles. The summed E-state index contributed by atoms with van der Waals surface area (Å²) in [6, 6.07) is 5.04. The summed E-state index contributed by atoms with van der Waals surface area (Å²) in [4.78, 5) is 11.9. The van der Waals surface area contributed by atoms with Crippen molar-refractivity contribution < 1.29 is 14.7 Å². The molecule has 0 aromatic heterocycles. The lowest BCUT2D eigenvalue weighted by Gasteiger charge is -2.11. The Morgan fingerprint density at radius 2 is 2.37 bits per heavy atom. The standard InChI is InChI=1S/C12H14BrN3O3/c13-9-5-7(11(14)16-18)1-2-10(9)15-12(17)8-3-4-19-6-8/h1-2,5,8,18H,3-4,6H2,(H2,14,16)(H,15,17). The second kappa shape index (κ2) is 6.03. The first kappa shape index (κ1) is 13.8. The van der Waals surface area contributed by atoms with Gasteiger partial charge in [-0.05, 0) is 40.5 Å². The summed E-state index contributed by atoms with van der Waals surface area (Å²) in [5.74, 6) is -0.145. The first-order chi connectivity index (χ1) is 9.11. The van der Waals surface area contributed by atoms with Crippen LogP contribution in [0.15, 0.2) is 27.8 Å². The number of hydrogen-bond acceptors (Lipinski definition) is 4. The maximum absolute atomic E-state index is 11.9. The first-order valence-corrected chi connectivity index (χ1v) is 6.57. The number of rotatable bonds is 3. The first-order valence-electron chi connectivity index (χ1n) is 5.78. The van der Waals surface area contributed by atoms with Gasteiger partial charge in [0.1, 0.15) is 0 Å². The molecule has 102 valence electrons. The van der Waals surface area contributed by atoms with Gasteiger partial charge >= 0.3 is 0 Å². The number of nitrogens with one attached hydrogen (secondary N) is 1. The number of benzene rings is 1. The predicted octanol–water partition coefficient (Wildman–Crippen LogP) is 1.52. The Kier molecular flexibility index (Phi) is 4.39. The summed E-state index contributed by atoms with van der Waals surface area (Å²) < 4.78 is 5.85. The topological polar surface area (TPSA) is 96.9 Å². The summed E-state index contributed by atoms with van der Waals surface area (Å²) in [6.07, 6.45) is 0.742. The van der Waals surface area contributed by atoms with Gasteiger partial charge in [0.15, 0.2) is 5.84 Å². The van der Waals surface area contributed by atoms with Crippen molar-refractivity contribution in [2.24, 2.45) is 16.8 Å². The fourth-order valence-corrected chi connectivity index (χ4v) is 2.29. The summed E-state index contributed by atoms with van der Waals surface area (Å²) >= 11 is 3.34. The van der Waals surface area contributed by atoms with Crippen LogP contribution in [0.1, 0.15) is 12.0 Å². The zero-order valence-corrected chi connectivity index (χ0v) is 11.7. The van der Waals surface area contributed by atoms with Crippen LogP contribution in [0, 0.1) is 5.92 Å². The predicted molar refractivity (Wildman–Crippen MR) is 74.2 cm³/mol. The van der Waals surface area contributed by atoms with Gasteiger partial charge in [-0.3, -0.25) is 4.79 Å². The van der Waals surface area contributed by atoms with E-state index in [4.69, 9.17) is 15.7 Å². The second-order valence-corrected chi connectivity index (χ2v) is 5.08. The molecule has 2 rings (SSSR count). The van der Waals surface area contributed by atoms with Crippen LogP contribution in [0.3, 0.4) is 0 Å². The van der Waals surface area contributed by atoms with Gasteiger partial charge in [0.25, 0.3) is 0 Å². The van der Waals surface area contributed by atoms with Gasteiger partial charge in [0.05, 0.1) is 18.2 Å². The van der Waals surface area contributed by atoms with Gasteiger partial charge in [-0.1, -0.05) is 5.16 Å². The highest BCUT2D eigenvalue weighted by molar-refractivity contribution is 9.10. The molecule has 1 amide bonds. The Morgan fingerprint density at radius 3 is 2.95 bits per heavy atom. The molecule has 1 fully saturated rings. The van der Waals surface area contributed by atoms with Crippen molar-refractivity contribution in [3.05, 3.63) is 28.2 Å². The van der Waals surface area contributed by atoms with Crippen molar-refractivity contribution in [3.63, 3.8) is 0 Å². The Balaban J connectivity index is 2.10. The van der Waals surface area contributed by atoms with Gasteiger partial charge in [0.2, 0.25) is 5.91 Å². The average molecular weight is 328 g/mol. The van der Waals surface area contributed by atoms with Crippen LogP contribution in [0.25, 0.3) is 0 Å². The molecule has 1 aliphatic rings. The molecule has 0 saturated carbocycles. The number of amidine groups is 1. The number of halogens is 1. The van der Waals surface area contributed by atoms with E-state index < -0.39 is 0 Å². The third-order valence-electron chi connectivity index (χ3n) is 2.93. The number of ether oxygens (including phenoxy) is 1. The van der Waals surface area contributed by atoms with E-state index in [1.165, 1.54) is 0 Å². The molecular weight excluding hydrogens is 314 g/mol. The molecule has 7 heteroatoms. The fraction of sp³-hybridized carbons (Fsp3) is 0.333. The molecule has 1 aliphatic heterocycles. The normalized spacial score (nSPS) is 19.4. The van der Waals surface area contributed by atoms with Gasteiger partial charge < -0.3 is 21.0 Å². The van der Waals surface area contributed by atoms with Crippen molar-refractivity contribution in [2.45, 2.75) is 6.42 Å². The molecule has 1 heterocycles. The summed E-state index contributed by atoms with van der Waals surface area (Å²) in [5, 5.41) is 14.4. The molecule has 1 unspecified atom stereocenters. The van der Waals surface area contributed by atoms with E-state index in [1.807, 2.05) is 0 Å². The molecule has 0 aliphatic carbocycles. The smallest absolute Gasteiger partial charge is 0.229 e. The monoisotopic (exact) mass is 327 g/mol. The van der Waals surface area contributed by atoms with Crippen LogP contribution in [0.2, 0.25) is 0 Å².